The van der Waals surface area contributed by atoms with E-state index in [9.17, 15) is 0 Å². The zero-order valence-corrected chi connectivity index (χ0v) is 13.6. The topological polar surface area (TPSA) is 16.1 Å². The number of rotatable bonds is 4. The van der Waals surface area contributed by atoms with E-state index in [1.807, 2.05) is 12.3 Å². The average molecular weight is 325 g/mol. The van der Waals surface area contributed by atoms with Crippen LogP contribution in [0.25, 0.3) is 0 Å². The number of anilines is 1. The maximum absolute atomic E-state index is 6.57. The Bertz CT molecular complexity index is 551. The van der Waals surface area contributed by atoms with Crippen LogP contribution in [0.3, 0.4) is 0 Å². The number of pyridine rings is 1. The molecule has 0 saturated carbocycles. The molecule has 106 valence electrons. The van der Waals surface area contributed by atoms with Crippen molar-refractivity contribution in [1.82, 2.24) is 4.98 Å². The fourth-order valence-electron chi connectivity index (χ4n) is 2.44. The first kappa shape index (κ1) is 14.2. The van der Waals surface area contributed by atoms with Crippen LogP contribution < -0.4 is 4.90 Å². The predicted molar refractivity (Wildman–Crippen MR) is 89.2 cm³/mol. The van der Waals surface area contributed by atoms with E-state index in [0.29, 0.717) is 0 Å². The number of aromatic nitrogens is 1. The van der Waals surface area contributed by atoms with Crippen LogP contribution in [0.5, 0.6) is 0 Å². The molecule has 0 unspecified atom stereocenters. The molecule has 0 radical (unpaired) electrons. The molecule has 2 nitrogen and oxygen atoms in total. The molecule has 1 aliphatic heterocycles. The summed E-state index contributed by atoms with van der Waals surface area (Å²) in [6, 6.07) is 6.26. The summed E-state index contributed by atoms with van der Waals surface area (Å²) in [4.78, 5) is 6.85. The number of thioether (sulfide) groups is 1. The summed E-state index contributed by atoms with van der Waals surface area (Å²) in [5, 5.41) is 2.93. The summed E-state index contributed by atoms with van der Waals surface area (Å²) < 4.78 is 1.31. The van der Waals surface area contributed by atoms with Crippen LogP contribution in [-0.2, 0) is 5.75 Å². The van der Waals surface area contributed by atoms with Crippen molar-refractivity contribution >= 4 is 40.4 Å². The smallest absolute Gasteiger partial charge is 0.0863 e. The third kappa shape index (κ3) is 3.30. The minimum Gasteiger partial charge on any atom is -0.370 e. The van der Waals surface area contributed by atoms with Gasteiger partial charge in [0.2, 0.25) is 0 Å². The van der Waals surface area contributed by atoms with Crippen LogP contribution >= 0.6 is 34.7 Å². The molecule has 2 aromatic heterocycles. The van der Waals surface area contributed by atoms with Gasteiger partial charge < -0.3 is 4.90 Å². The van der Waals surface area contributed by atoms with Crippen molar-refractivity contribution < 1.29 is 0 Å². The van der Waals surface area contributed by atoms with Gasteiger partial charge >= 0.3 is 0 Å². The van der Waals surface area contributed by atoms with Crippen molar-refractivity contribution in [2.24, 2.45) is 0 Å². The molecule has 0 aromatic carbocycles. The van der Waals surface area contributed by atoms with Gasteiger partial charge in [-0.3, -0.25) is 4.98 Å². The molecule has 0 aliphatic carbocycles. The fourth-order valence-corrected chi connectivity index (χ4v) is 4.55. The van der Waals surface area contributed by atoms with Gasteiger partial charge in [-0.25, -0.2) is 0 Å². The number of thiophene rings is 1. The molecule has 1 fully saturated rings. The van der Waals surface area contributed by atoms with Gasteiger partial charge in [-0.15, -0.1) is 23.1 Å². The predicted octanol–water partition coefficient (Wildman–Crippen LogP) is 5.08. The van der Waals surface area contributed by atoms with Gasteiger partial charge in [0.25, 0.3) is 0 Å². The lowest BCUT2D eigenvalue weighted by molar-refractivity contribution is 0.577. The van der Waals surface area contributed by atoms with E-state index >= 15 is 0 Å². The second-order valence-corrected chi connectivity index (χ2v) is 7.46. The van der Waals surface area contributed by atoms with Crippen molar-refractivity contribution in [1.29, 1.82) is 0 Å². The molecule has 0 atom stereocenters. The van der Waals surface area contributed by atoms with E-state index in [1.54, 1.807) is 23.1 Å². The number of nitrogens with zero attached hydrogens (tertiary/aromatic N) is 2. The molecule has 20 heavy (non-hydrogen) atoms. The largest absolute Gasteiger partial charge is 0.370 e. The molecule has 1 aliphatic rings. The molecule has 2 aromatic rings. The molecule has 0 bridgehead atoms. The summed E-state index contributed by atoms with van der Waals surface area (Å²) in [6.07, 6.45) is 5.75. The Labute approximate surface area is 133 Å². The van der Waals surface area contributed by atoms with Crippen molar-refractivity contribution in [3.8, 4) is 0 Å². The molecule has 0 spiro atoms. The van der Waals surface area contributed by atoms with Crippen LogP contribution in [0.2, 0.25) is 5.02 Å². The summed E-state index contributed by atoms with van der Waals surface area (Å²) in [5.41, 5.74) is 2.15. The second kappa shape index (κ2) is 6.83. The monoisotopic (exact) mass is 324 g/mol. The van der Waals surface area contributed by atoms with Gasteiger partial charge in [0.1, 0.15) is 0 Å². The summed E-state index contributed by atoms with van der Waals surface area (Å²) >= 11 is 10.1. The zero-order chi connectivity index (χ0) is 13.8. The zero-order valence-electron chi connectivity index (χ0n) is 11.2. The molecule has 5 heteroatoms. The maximum Gasteiger partial charge on any atom is 0.0863 e. The Kier molecular flexibility index (Phi) is 4.86. The van der Waals surface area contributed by atoms with Gasteiger partial charge in [-0.1, -0.05) is 17.7 Å². The van der Waals surface area contributed by atoms with Crippen LogP contribution in [0.4, 0.5) is 5.69 Å². The number of hydrogen-bond donors (Lipinski definition) is 0. The van der Waals surface area contributed by atoms with Crippen molar-refractivity contribution in [2.75, 3.05) is 18.0 Å². The maximum atomic E-state index is 6.57. The lowest BCUT2D eigenvalue weighted by Gasteiger charge is -2.29. The SMILES string of the molecule is Clc1c(N2CCCCC2)ccnc1CSc1cccs1. The first-order chi connectivity index (χ1) is 9.84. The van der Waals surface area contributed by atoms with E-state index < -0.39 is 0 Å². The highest BCUT2D eigenvalue weighted by Crippen LogP contribution is 2.34. The van der Waals surface area contributed by atoms with E-state index in [0.717, 1.165) is 35.2 Å². The van der Waals surface area contributed by atoms with Gasteiger partial charge in [0.05, 0.1) is 20.6 Å². The van der Waals surface area contributed by atoms with Crippen LogP contribution in [0.1, 0.15) is 25.0 Å². The molecule has 3 heterocycles. The van der Waals surface area contributed by atoms with Crippen molar-refractivity contribution in [2.45, 2.75) is 29.2 Å². The second-order valence-electron chi connectivity index (χ2n) is 4.86. The Morgan fingerprint density at radius 2 is 2.10 bits per heavy atom. The first-order valence-electron chi connectivity index (χ1n) is 6.89. The van der Waals surface area contributed by atoms with Gasteiger partial charge in [0, 0.05) is 25.0 Å². The lowest BCUT2D eigenvalue weighted by atomic mass is 10.1. The number of piperidine rings is 1. The fraction of sp³-hybridized carbons (Fsp3) is 0.400. The molecule has 3 rings (SSSR count). The highest BCUT2D eigenvalue weighted by Gasteiger charge is 2.16. The van der Waals surface area contributed by atoms with Crippen LogP contribution in [0, 0.1) is 0 Å². The normalized spacial score (nSPS) is 15.6. The quantitative estimate of drug-likeness (QED) is 0.730. The molecule has 1 saturated heterocycles. The molecule has 0 N–H and O–H groups in total. The Hall–Kier alpha value is -0.710. The molecular formula is C15H17ClN2S2. The number of halogens is 1. The van der Waals surface area contributed by atoms with Crippen molar-refractivity contribution in [3.63, 3.8) is 0 Å². The minimum absolute atomic E-state index is 0.832. The summed E-state index contributed by atoms with van der Waals surface area (Å²) in [5.74, 6) is 0.834. The number of hydrogen-bond acceptors (Lipinski definition) is 4. The van der Waals surface area contributed by atoms with Gasteiger partial charge in [-0.2, -0.15) is 0 Å². The average Bonchev–Trinajstić information content (AvgIpc) is 3.00. The summed E-state index contributed by atoms with van der Waals surface area (Å²) in [6.45, 7) is 2.22. The lowest BCUT2D eigenvalue weighted by Crippen LogP contribution is -2.29. The highest BCUT2D eigenvalue weighted by molar-refractivity contribution is 8.00. The van der Waals surface area contributed by atoms with Gasteiger partial charge in [-0.05, 0) is 36.8 Å². The Morgan fingerprint density at radius 3 is 2.85 bits per heavy atom. The minimum atomic E-state index is 0.832. The molecular weight excluding hydrogens is 308 g/mol. The Balaban J connectivity index is 1.74. The highest BCUT2D eigenvalue weighted by atomic mass is 35.5. The Morgan fingerprint density at radius 1 is 1.25 bits per heavy atom. The van der Waals surface area contributed by atoms with Gasteiger partial charge in [0.15, 0.2) is 0 Å². The summed E-state index contributed by atoms with van der Waals surface area (Å²) in [7, 11) is 0. The molecule has 0 amide bonds. The van der Waals surface area contributed by atoms with Crippen molar-refractivity contribution in [3.05, 3.63) is 40.5 Å². The third-order valence-electron chi connectivity index (χ3n) is 3.48. The standard InChI is InChI=1S/C15H17ClN2S2/c16-15-12(11-20-14-5-4-10-19-14)17-7-6-13(15)18-8-2-1-3-9-18/h4-7,10H,1-3,8-9,11H2. The third-order valence-corrected chi connectivity index (χ3v) is 6.04. The van der Waals surface area contributed by atoms with Crippen LogP contribution in [-0.4, -0.2) is 18.1 Å². The van der Waals surface area contributed by atoms with E-state index in [2.05, 4.69) is 27.4 Å². The van der Waals surface area contributed by atoms with E-state index in [-0.39, 0.29) is 0 Å². The van der Waals surface area contributed by atoms with E-state index in [1.165, 1.54) is 23.5 Å². The first-order valence-corrected chi connectivity index (χ1v) is 9.13. The van der Waals surface area contributed by atoms with E-state index in [4.69, 9.17) is 11.6 Å². The van der Waals surface area contributed by atoms with Crippen LogP contribution in [0.15, 0.2) is 34.0 Å².